The second-order valence-electron chi connectivity index (χ2n) is 10.5. The van der Waals surface area contributed by atoms with E-state index in [2.05, 4.69) is 92.6 Å². The number of rotatable bonds is 4. The Labute approximate surface area is 193 Å². The van der Waals surface area contributed by atoms with Crippen molar-refractivity contribution in [3.8, 4) is 22.4 Å². The van der Waals surface area contributed by atoms with E-state index in [1.807, 2.05) is 12.3 Å². The molecule has 5 rings (SSSR count). The van der Waals surface area contributed by atoms with E-state index in [9.17, 15) is 0 Å². The summed E-state index contributed by atoms with van der Waals surface area (Å²) in [4.78, 5) is 4.63. The van der Waals surface area contributed by atoms with Crippen LogP contribution in [-0.2, 0) is 0 Å². The second kappa shape index (κ2) is 8.73. The molecule has 2 aliphatic carbocycles. The number of hydrogen-bond donors (Lipinski definition) is 1. The fraction of sp³-hybridized carbons (Fsp3) is 0.433. The molecule has 2 fully saturated rings. The largest absolute Gasteiger partial charge is 0.382 e. The highest BCUT2D eigenvalue weighted by Crippen LogP contribution is 2.48. The molecule has 0 radical (unpaired) electrons. The highest BCUT2D eigenvalue weighted by Gasteiger charge is 2.43. The van der Waals surface area contributed by atoms with Crippen LogP contribution >= 0.6 is 0 Å². The van der Waals surface area contributed by atoms with Crippen LogP contribution in [0.5, 0.6) is 0 Å². The molecular weight excluding hydrogens is 388 g/mol. The second-order valence-corrected chi connectivity index (χ2v) is 10.5. The predicted molar refractivity (Wildman–Crippen MR) is 136 cm³/mol. The van der Waals surface area contributed by atoms with Crippen molar-refractivity contribution in [3.05, 3.63) is 72.4 Å². The number of pyridine rings is 1. The lowest BCUT2D eigenvalue weighted by Gasteiger charge is -2.50. The SMILES string of the molecule is Cc1cccc(-c2ccc(NC3C(C)CC4CC3CC(C)C4C)cc2)c1-c1ccccn1. The van der Waals surface area contributed by atoms with Gasteiger partial charge in [0.25, 0.3) is 0 Å². The van der Waals surface area contributed by atoms with Gasteiger partial charge in [0.1, 0.15) is 0 Å². The van der Waals surface area contributed by atoms with Gasteiger partial charge in [-0.1, -0.05) is 57.2 Å². The summed E-state index contributed by atoms with van der Waals surface area (Å²) in [6.45, 7) is 9.58. The Morgan fingerprint density at radius 3 is 2.31 bits per heavy atom. The number of fused-ring (bicyclic) bond motifs is 2. The van der Waals surface area contributed by atoms with Crippen LogP contribution in [0.3, 0.4) is 0 Å². The smallest absolute Gasteiger partial charge is 0.0710 e. The Bertz CT molecular complexity index is 1050. The first-order chi connectivity index (χ1) is 15.5. The van der Waals surface area contributed by atoms with E-state index in [1.54, 1.807) is 0 Å². The minimum absolute atomic E-state index is 0.593. The summed E-state index contributed by atoms with van der Waals surface area (Å²) in [5.74, 6) is 4.20. The Kier molecular flexibility index (Phi) is 5.80. The lowest BCUT2D eigenvalue weighted by Crippen LogP contribution is -2.47. The average Bonchev–Trinajstić information content (AvgIpc) is 2.80. The van der Waals surface area contributed by atoms with Crippen molar-refractivity contribution in [1.82, 2.24) is 4.98 Å². The molecule has 166 valence electrons. The van der Waals surface area contributed by atoms with Crippen LogP contribution in [-0.4, -0.2) is 11.0 Å². The molecule has 2 nitrogen and oxygen atoms in total. The van der Waals surface area contributed by atoms with Gasteiger partial charge < -0.3 is 5.32 Å². The third-order valence-electron chi connectivity index (χ3n) is 8.44. The number of aromatic nitrogens is 1. The van der Waals surface area contributed by atoms with E-state index in [4.69, 9.17) is 0 Å². The molecule has 32 heavy (non-hydrogen) atoms. The highest BCUT2D eigenvalue weighted by atomic mass is 14.9. The lowest BCUT2D eigenvalue weighted by molar-refractivity contribution is 0.0461. The summed E-state index contributed by atoms with van der Waals surface area (Å²) in [5.41, 5.74) is 7.27. The normalized spacial score (nSPS) is 29.5. The summed E-state index contributed by atoms with van der Waals surface area (Å²) in [7, 11) is 0. The number of nitrogens with zero attached hydrogens (tertiary/aromatic N) is 1. The van der Waals surface area contributed by atoms with Gasteiger partial charge in [-0.15, -0.1) is 0 Å². The molecule has 0 aliphatic heterocycles. The van der Waals surface area contributed by atoms with Crippen LogP contribution in [0, 0.1) is 36.5 Å². The van der Waals surface area contributed by atoms with Crippen molar-refractivity contribution in [2.75, 3.05) is 5.32 Å². The van der Waals surface area contributed by atoms with E-state index in [0.717, 1.165) is 35.3 Å². The van der Waals surface area contributed by atoms with Crippen molar-refractivity contribution in [2.24, 2.45) is 29.6 Å². The van der Waals surface area contributed by atoms with Crippen LogP contribution in [0.25, 0.3) is 22.4 Å². The van der Waals surface area contributed by atoms with Crippen molar-refractivity contribution in [1.29, 1.82) is 0 Å². The number of benzene rings is 2. The van der Waals surface area contributed by atoms with Gasteiger partial charge in [-0.05, 0) is 96.7 Å². The Balaban J connectivity index is 1.39. The van der Waals surface area contributed by atoms with Gasteiger partial charge in [0.15, 0.2) is 0 Å². The van der Waals surface area contributed by atoms with Gasteiger partial charge in [0.05, 0.1) is 5.69 Å². The lowest BCUT2D eigenvalue weighted by atomic mass is 9.59. The van der Waals surface area contributed by atoms with Crippen molar-refractivity contribution in [2.45, 2.75) is 53.0 Å². The Hall–Kier alpha value is -2.61. The first kappa shape index (κ1) is 21.2. The van der Waals surface area contributed by atoms with Crippen LogP contribution in [0.1, 0.15) is 45.6 Å². The Morgan fingerprint density at radius 1 is 0.781 bits per heavy atom. The zero-order chi connectivity index (χ0) is 22.2. The summed E-state index contributed by atoms with van der Waals surface area (Å²) < 4.78 is 0. The van der Waals surface area contributed by atoms with E-state index in [0.29, 0.717) is 6.04 Å². The van der Waals surface area contributed by atoms with Crippen molar-refractivity contribution < 1.29 is 0 Å². The third kappa shape index (κ3) is 3.96. The molecule has 0 amide bonds. The monoisotopic (exact) mass is 424 g/mol. The minimum atomic E-state index is 0.593. The van der Waals surface area contributed by atoms with Gasteiger partial charge in [-0.25, -0.2) is 0 Å². The Morgan fingerprint density at radius 2 is 1.56 bits per heavy atom. The summed E-state index contributed by atoms with van der Waals surface area (Å²) in [5, 5.41) is 3.95. The van der Waals surface area contributed by atoms with Crippen LogP contribution in [0.4, 0.5) is 5.69 Å². The molecule has 2 aromatic carbocycles. The molecular formula is C30H36N2. The molecule has 6 atom stereocenters. The standard InChI is InChI=1S/C30H36N2/c1-19-8-7-9-27(29(19)28-10-5-6-15-31-28)23-11-13-26(14-12-23)32-30-21(3)17-24-18-25(30)16-20(2)22(24)4/h5-15,20-22,24-25,30,32H,16-18H2,1-4H3. The van der Waals surface area contributed by atoms with E-state index in [-0.39, 0.29) is 0 Å². The number of aryl methyl sites for hydroxylation is 1. The highest BCUT2D eigenvalue weighted by molar-refractivity contribution is 5.84. The van der Waals surface area contributed by atoms with Gasteiger partial charge in [-0.3, -0.25) is 4.98 Å². The summed E-state index contributed by atoms with van der Waals surface area (Å²) in [6, 6.07) is 22.4. The maximum absolute atomic E-state index is 4.63. The molecule has 2 saturated carbocycles. The van der Waals surface area contributed by atoms with Gasteiger partial charge in [0, 0.05) is 23.5 Å². The molecule has 1 N–H and O–H groups in total. The average molecular weight is 425 g/mol. The zero-order valence-electron chi connectivity index (χ0n) is 19.9. The molecule has 2 bridgehead atoms. The van der Waals surface area contributed by atoms with E-state index >= 15 is 0 Å². The van der Waals surface area contributed by atoms with E-state index < -0.39 is 0 Å². The fourth-order valence-electron chi connectivity index (χ4n) is 6.51. The van der Waals surface area contributed by atoms with Crippen LogP contribution < -0.4 is 5.32 Å². The van der Waals surface area contributed by atoms with Crippen LogP contribution in [0.2, 0.25) is 0 Å². The van der Waals surface area contributed by atoms with Gasteiger partial charge in [0.2, 0.25) is 0 Å². The van der Waals surface area contributed by atoms with Crippen molar-refractivity contribution in [3.63, 3.8) is 0 Å². The zero-order valence-corrected chi connectivity index (χ0v) is 19.9. The maximum atomic E-state index is 4.63. The fourth-order valence-corrected chi connectivity index (χ4v) is 6.51. The topological polar surface area (TPSA) is 24.9 Å². The number of nitrogens with one attached hydrogen (secondary N) is 1. The first-order valence-electron chi connectivity index (χ1n) is 12.4. The van der Waals surface area contributed by atoms with Gasteiger partial charge >= 0.3 is 0 Å². The maximum Gasteiger partial charge on any atom is 0.0710 e. The van der Waals surface area contributed by atoms with Crippen LogP contribution in [0.15, 0.2) is 66.9 Å². The molecule has 0 saturated heterocycles. The van der Waals surface area contributed by atoms with Crippen molar-refractivity contribution >= 4 is 5.69 Å². The van der Waals surface area contributed by atoms with Gasteiger partial charge in [-0.2, -0.15) is 0 Å². The molecule has 1 aromatic heterocycles. The predicted octanol–water partition coefficient (Wildman–Crippen LogP) is 7.84. The quantitative estimate of drug-likeness (QED) is 0.461. The number of anilines is 1. The first-order valence-corrected chi connectivity index (χ1v) is 12.4. The molecule has 0 spiro atoms. The minimum Gasteiger partial charge on any atom is -0.382 e. The molecule has 3 aromatic rings. The molecule has 2 aliphatic rings. The third-order valence-corrected chi connectivity index (χ3v) is 8.44. The van der Waals surface area contributed by atoms with E-state index in [1.165, 1.54) is 47.2 Å². The molecule has 1 heterocycles. The number of hydrogen-bond acceptors (Lipinski definition) is 2. The molecule has 2 heteroatoms. The summed E-state index contributed by atoms with van der Waals surface area (Å²) in [6.07, 6.45) is 6.02. The summed E-state index contributed by atoms with van der Waals surface area (Å²) >= 11 is 0. The molecule has 6 unspecified atom stereocenters.